The van der Waals surface area contributed by atoms with Crippen molar-refractivity contribution in [2.75, 3.05) is 31.4 Å². The van der Waals surface area contributed by atoms with Gasteiger partial charge in [0.15, 0.2) is 0 Å². The van der Waals surface area contributed by atoms with Crippen LogP contribution in [0.3, 0.4) is 0 Å². The molecule has 2 N–H and O–H groups in total. The molecule has 1 aromatic heterocycles. The lowest BCUT2D eigenvalue weighted by Crippen LogP contribution is -2.19. The van der Waals surface area contributed by atoms with E-state index >= 15 is 0 Å². The average Bonchev–Trinajstić information content (AvgIpc) is 2.54. The number of carbonyl (C=O) groups excluding carboxylic acids is 2. The number of rotatable bonds is 4. The lowest BCUT2D eigenvalue weighted by Gasteiger charge is -2.13. The zero-order valence-corrected chi connectivity index (χ0v) is 13.8. The highest BCUT2D eigenvalue weighted by Crippen LogP contribution is 2.21. The maximum atomic E-state index is 12.3. The summed E-state index contributed by atoms with van der Waals surface area (Å²) < 4.78 is 0. The lowest BCUT2D eigenvalue weighted by atomic mass is 10.2. The Kier molecular flexibility index (Phi) is 5.18. The third-order valence-corrected chi connectivity index (χ3v) is 3.50. The van der Waals surface area contributed by atoms with Crippen LogP contribution in [0.25, 0.3) is 0 Å². The Hall–Kier alpha value is -2.60. The predicted octanol–water partition coefficient (Wildman–Crippen LogP) is 2.41. The molecular weight excluding hydrogens is 316 g/mol. The molecule has 6 nitrogen and oxygen atoms in total. The molecule has 1 aromatic carbocycles. The third kappa shape index (κ3) is 3.98. The Labute approximate surface area is 139 Å². The maximum Gasteiger partial charge on any atom is 0.274 e. The molecule has 0 fully saturated rings. The van der Waals surface area contributed by atoms with E-state index in [0.717, 1.165) is 5.69 Å². The molecule has 0 spiro atoms. The van der Waals surface area contributed by atoms with E-state index in [1.807, 2.05) is 25.1 Å². The first-order chi connectivity index (χ1) is 10.9. The highest BCUT2D eigenvalue weighted by atomic mass is 35.5. The number of benzene rings is 1. The predicted molar refractivity (Wildman–Crippen MR) is 91.4 cm³/mol. The van der Waals surface area contributed by atoms with Crippen molar-refractivity contribution >= 4 is 34.8 Å². The van der Waals surface area contributed by atoms with Crippen molar-refractivity contribution in [2.24, 2.45) is 0 Å². The van der Waals surface area contributed by atoms with Gasteiger partial charge in [0.2, 0.25) is 0 Å². The lowest BCUT2D eigenvalue weighted by molar-refractivity contribution is 0.0962. The Balaban J connectivity index is 2.19. The molecule has 2 amide bonds. The van der Waals surface area contributed by atoms with Crippen LogP contribution in [-0.4, -0.2) is 37.9 Å². The first-order valence-corrected chi connectivity index (χ1v) is 7.26. The zero-order chi connectivity index (χ0) is 17.0. The van der Waals surface area contributed by atoms with E-state index < -0.39 is 0 Å². The Morgan fingerprint density at radius 3 is 2.48 bits per heavy atom. The Morgan fingerprint density at radius 2 is 1.87 bits per heavy atom. The fraction of sp³-hybridized carbons (Fsp3) is 0.188. The van der Waals surface area contributed by atoms with Gasteiger partial charge in [0.05, 0.1) is 10.6 Å². The number of aromatic nitrogens is 1. The van der Waals surface area contributed by atoms with Gasteiger partial charge >= 0.3 is 0 Å². The molecule has 7 heteroatoms. The van der Waals surface area contributed by atoms with Gasteiger partial charge in [-0.25, -0.2) is 0 Å². The molecule has 120 valence electrons. The third-order valence-electron chi connectivity index (χ3n) is 3.19. The summed E-state index contributed by atoms with van der Waals surface area (Å²) in [6, 6.07) is 8.20. The fourth-order valence-corrected chi connectivity index (χ4v) is 2.19. The van der Waals surface area contributed by atoms with Gasteiger partial charge in [-0.2, -0.15) is 0 Å². The van der Waals surface area contributed by atoms with E-state index in [9.17, 15) is 9.59 Å². The average molecular weight is 333 g/mol. The van der Waals surface area contributed by atoms with Crippen molar-refractivity contribution in [1.82, 2.24) is 10.3 Å². The molecular formula is C16H17ClN4O2. The smallest absolute Gasteiger partial charge is 0.274 e. The van der Waals surface area contributed by atoms with Gasteiger partial charge in [-0.1, -0.05) is 11.6 Å². The maximum absolute atomic E-state index is 12.3. The first kappa shape index (κ1) is 16.8. The molecule has 1 heterocycles. The van der Waals surface area contributed by atoms with E-state index in [4.69, 9.17) is 11.6 Å². The molecule has 2 aromatic rings. The quantitative estimate of drug-likeness (QED) is 0.901. The second kappa shape index (κ2) is 7.11. The molecule has 0 saturated carbocycles. The minimum atomic E-state index is -0.350. The van der Waals surface area contributed by atoms with Crippen LogP contribution in [0, 0.1) is 0 Å². The summed E-state index contributed by atoms with van der Waals surface area (Å²) >= 11 is 6.06. The Morgan fingerprint density at radius 1 is 1.13 bits per heavy atom. The van der Waals surface area contributed by atoms with Crippen LogP contribution in [0.2, 0.25) is 5.02 Å². The second-order valence-electron chi connectivity index (χ2n) is 5.02. The van der Waals surface area contributed by atoms with Crippen molar-refractivity contribution in [3.8, 4) is 0 Å². The van der Waals surface area contributed by atoms with E-state index in [1.165, 1.54) is 13.1 Å². The normalized spacial score (nSPS) is 10.1. The van der Waals surface area contributed by atoms with Crippen molar-refractivity contribution < 1.29 is 9.59 Å². The molecule has 0 aliphatic carbocycles. The SMILES string of the molecule is CNC(=O)c1ccc(NC(=O)c2cc(N(C)C)ccn2)cc1Cl. The van der Waals surface area contributed by atoms with E-state index in [1.54, 1.807) is 24.4 Å². The topological polar surface area (TPSA) is 74.3 Å². The van der Waals surface area contributed by atoms with Gasteiger partial charge in [0, 0.05) is 38.7 Å². The molecule has 2 rings (SSSR count). The fourth-order valence-electron chi connectivity index (χ4n) is 1.93. The molecule has 0 aliphatic rings. The van der Waals surface area contributed by atoms with Crippen molar-refractivity contribution in [2.45, 2.75) is 0 Å². The molecule has 0 saturated heterocycles. The standard InChI is InChI=1S/C16H17ClN4O2/c1-18-15(22)12-5-4-10(8-13(12)17)20-16(23)14-9-11(21(2)3)6-7-19-14/h4-9H,1-3H3,(H,18,22)(H,20,23). The molecule has 0 unspecified atom stereocenters. The van der Waals surface area contributed by atoms with Gasteiger partial charge in [-0.05, 0) is 30.3 Å². The summed E-state index contributed by atoms with van der Waals surface area (Å²) in [5.41, 5.74) is 2.01. The van der Waals surface area contributed by atoms with Gasteiger partial charge in [-0.3, -0.25) is 14.6 Å². The number of carbonyl (C=O) groups is 2. The van der Waals surface area contributed by atoms with Crippen LogP contribution in [0.4, 0.5) is 11.4 Å². The zero-order valence-electron chi connectivity index (χ0n) is 13.1. The summed E-state index contributed by atoms with van der Waals surface area (Å²) in [6.45, 7) is 0. The number of halogens is 1. The molecule has 0 aliphatic heterocycles. The van der Waals surface area contributed by atoms with E-state index in [-0.39, 0.29) is 16.8 Å². The minimum absolute atomic E-state index is 0.261. The number of pyridine rings is 1. The largest absolute Gasteiger partial charge is 0.378 e. The van der Waals surface area contributed by atoms with E-state index in [2.05, 4.69) is 15.6 Å². The van der Waals surface area contributed by atoms with Crippen LogP contribution < -0.4 is 15.5 Å². The molecule has 23 heavy (non-hydrogen) atoms. The summed E-state index contributed by atoms with van der Waals surface area (Å²) in [6.07, 6.45) is 1.58. The van der Waals surface area contributed by atoms with Crippen LogP contribution in [0.15, 0.2) is 36.5 Å². The van der Waals surface area contributed by atoms with Gasteiger partial charge in [0.25, 0.3) is 11.8 Å². The molecule has 0 bridgehead atoms. The number of amides is 2. The van der Waals surface area contributed by atoms with Crippen LogP contribution >= 0.6 is 11.6 Å². The van der Waals surface area contributed by atoms with Crippen LogP contribution in [-0.2, 0) is 0 Å². The Bertz CT molecular complexity index is 747. The van der Waals surface area contributed by atoms with E-state index in [0.29, 0.717) is 16.9 Å². The van der Waals surface area contributed by atoms with Gasteiger partial charge in [-0.15, -0.1) is 0 Å². The highest BCUT2D eigenvalue weighted by molar-refractivity contribution is 6.34. The summed E-state index contributed by atoms with van der Waals surface area (Å²) in [5.74, 6) is -0.634. The molecule has 0 atom stereocenters. The van der Waals surface area contributed by atoms with Crippen LogP contribution in [0.1, 0.15) is 20.8 Å². The van der Waals surface area contributed by atoms with Crippen LogP contribution in [0.5, 0.6) is 0 Å². The van der Waals surface area contributed by atoms with Crippen molar-refractivity contribution in [1.29, 1.82) is 0 Å². The van der Waals surface area contributed by atoms with Crippen molar-refractivity contribution in [3.05, 3.63) is 52.8 Å². The second-order valence-corrected chi connectivity index (χ2v) is 5.43. The van der Waals surface area contributed by atoms with Gasteiger partial charge < -0.3 is 15.5 Å². The number of nitrogens with one attached hydrogen (secondary N) is 2. The minimum Gasteiger partial charge on any atom is -0.378 e. The number of anilines is 2. The number of hydrogen-bond acceptors (Lipinski definition) is 4. The summed E-state index contributed by atoms with van der Waals surface area (Å²) in [7, 11) is 5.29. The number of hydrogen-bond donors (Lipinski definition) is 2. The highest BCUT2D eigenvalue weighted by Gasteiger charge is 2.12. The number of nitrogens with zero attached hydrogens (tertiary/aromatic N) is 2. The summed E-state index contributed by atoms with van der Waals surface area (Å²) in [5, 5.41) is 5.47. The monoisotopic (exact) mass is 332 g/mol. The van der Waals surface area contributed by atoms with Crippen molar-refractivity contribution in [3.63, 3.8) is 0 Å². The molecule has 0 radical (unpaired) electrons. The summed E-state index contributed by atoms with van der Waals surface area (Å²) in [4.78, 5) is 29.8. The van der Waals surface area contributed by atoms with Gasteiger partial charge in [0.1, 0.15) is 5.69 Å². The first-order valence-electron chi connectivity index (χ1n) is 6.88.